The molecule has 1 aromatic rings. The lowest BCUT2D eigenvalue weighted by Gasteiger charge is -2.25. The van der Waals surface area contributed by atoms with Crippen molar-refractivity contribution in [1.29, 1.82) is 0 Å². The molecule has 0 saturated heterocycles. The Kier molecular flexibility index (Phi) is 3.80. The van der Waals surface area contributed by atoms with Gasteiger partial charge in [-0.1, -0.05) is 0 Å². The van der Waals surface area contributed by atoms with Crippen molar-refractivity contribution in [3.8, 4) is 0 Å². The Morgan fingerprint density at radius 1 is 1.21 bits per heavy atom. The Balaban J connectivity index is 2.61. The minimum absolute atomic E-state index is 0.226. The van der Waals surface area contributed by atoms with Gasteiger partial charge in [0.15, 0.2) is 11.4 Å². The summed E-state index contributed by atoms with van der Waals surface area (Å²) in [5, 5.41) is 0.688. The summed E-state index contributed by atoms with van der Waals surface area (Å²) < 4.78 is 22.4. The Morgan fingerprint density at radius 3 is 2.32 bits per heavy atom. The van der Waals surface area contributed by atoms with Crippen LogP contribution in [0.25, 0.3) is 0 Å². The maximum absolute atomic E-state index is 12.6. The molecule has 0 spiro atoms. The third kappa shape index (κ3) is 2.13. The van der Waals surface area contributed by atoms with Gasteiger partial charge in [0.1, 0.15) is 5.00 Å². The topological polar surface area (TPSA) is 65.0 Å². The van der Waals surface area contributed by atoms with E-state index in [2.05, 4.69) is 4.99 Å². The molecule has 1 aromatic heterocycles. The van der Waals surface area contributed by atoms with Crippen molar-refractivity contribution < 1.29 is 18.4 Å². The largest absolute Gasteiger partial charge is 0.346 e. The lowest BCUT2D eigenvalue weighted by molar-refractivity contribution is 0.0991. The molecule has 2 rings (SSSR count). The summed E-state index contributed by atoms with van der Waals surface area (Å²) in [4.78, 5) is 18.1. The van der Waals surface area contributed by atoms with E-state index in [0.29, 0.717) is 16.3 Å². The van der Waals surface area contributed by atoms with E-state index in [4.69, 9.17) is 9.05 Å². The first-order valence-electron chi connectivity index (χ1n) is 5.76. The van der Waals surface area contributed by atoms with Gasteiger partial charge in [0.2, 0.25) is 0 Å². The smallest absolute Gasteiger partial charge is 0.311 e. The standard InChI is InChI=1S/C12H16NO4PS/c1-6-8(3)19-12-9(6)10(14)11(7(2)13-12)18(15,16-4)17-5/h11H,1-5H3. The number of Topliss-reactive ketones (excluding diaryl/α,β-unsaturated/α-hetero) is 1. The number of aliphatic imine (C=N–C) groups is 1. The van der Waals surface area contributed by atoms with Crippen molar-refractivity contribution in [2.45, 2.75) is 26.4 Å². The Bertz CT molecular complexity index is 611. The molecule has 2 heterocycles. The zero-order chi connectivity index (χ0) is 14.4. The minimum Gasteiger partial charge on any atom is -0.311 e. The monoisotopic (exact) mass is 301 g/mol. The van der Waals surface area contributed by atoms with E-state index in [-0.39, 0.29) is 5.78 Å². The van der Waals surface area contributed by atoms with E-state index in [1.165, 1.54) is 25.6 Å². The van der Waals surface area contributed by atoms with Crippen LogP contribution >= 0.6 is 18.9 Å². The molecule has 19 heavy (non-hydrogen) atoms. The summed E-state index contributed by atoms with van der Waals surface area (Å²) >= 11 is 1.47. The molecule has 0 N–H and O–H groups in total. The molecule has 0 radical (unpaired) electrons. The average molecular weight is 301 g/mol. The zero-order valence-corrected chi connectivity index (χ0v) is 13.2. The van der Waals surface area contributed by atoms with Gasteiger partial charge in [0.05, 0.1) is 5.56 Å². The summed E-state index contributed by atoms with van der Waals surface area (Å²) in [6.45, 7) is 5.50. The van der Waals surface area contributed by atoms with Gasteiger partial charge in [-0.15, -0.1) is 11.3 Å². The van der Waals surface area contributed by atoms with Gasteiger partial charge in [-0.3, -0.25) is 9.36 Å². The second kappa shape index (κ2) is 4.94. The maximum atomic E-state index is 12.6. The quantitative estimate of drug-likeness (QED) is 0.801. The number of fused-ring (bicyclic) bond motifs is 1. The molecule has 0 aliphatic carbocycles. The van der Waals surface area contributed by atoms with Crippen LogP contribution in [-0.2, 0) is 13.6 Å². The molecular formula is C12H16NO4PS. The van der Waals surface area contributed by atoms with Gasteiger partial charge in [-0.2, -0.15) is 0 Å². The summed E-state index contributed by atoms with van der Waals surface area (Å²) in [6, 6.07) is 0. The number of carbonyl (C=O) groups excluding carboxylic acids is 1. The second-order valence-corrected chi connectivity index (χ2v) is 7.92. The molecule has 0 fully saturated rings. The van der Waals surface area contributed by atoms with Crippen LogP contribution in [0.1, 0.15) is 27.7 Å². The van der Waals surface area contributed by atoms with Gasteiger partial charge in [0, 0.05) is 24.8 Å². The Hall–Kier alpha value is -0.810. The van der Waals surface area contributed by atoms with Crippen LogP contribution < -0.4 is 0 Å². The highest BCUT2D eigenvalue weighted by Gasteiger charge is 2.46. The van der Waals surface area contributed by atoms with Crippen molar-refractivity contribution in [3.05, 3.63) is 16.0 Å². The number of hydrogen-bond donors (Lipinski definition) is 0. The summed E-state index contributed by atoms with van der Waals surface area (Å²) in [5.41, 5.74) is 0.978. The molecule has 1 aliphatic rings. The van der Waals surface area contributed by atoms with Gasteiger partial charge in [-0.25, -0.2) is 4.99 Å². The number of rotatable bonds is 3. The maximum Gasteiger partial charge on any atom is 0.346 e. The Morgan fingerprint density at radius 2 is 1.79 bits per heavy atom. The lowest BCUT2D eigenvalue weighted by Crippen LogP contribution is -2.32. The van der Waals surface area contributed by atoms with Crippen LogP contribution in [0, 0.1) is 13.8 Å². The van der Waals surface area contributed by atoms with Crippen molar-refractivity contribution in [1.82, 2.24) is 0 Å². The highest BCUT2D eigenvalue weighted by atomic mass is 32.1. The van der Waals surface area contributed by atoms with E-state index >= 15 is 0 Å². The molecule has 1 atom stereocenters. The predicted octanol–water partition coefficient (Wildman–Crippen LogP) is 3.51. The van der Waals surface area contributed by atoms with Gasteiger partial charge in [-0.05, 0) is 26.3 Å². The molecule has 1 unspecified atom stereocenters. The van der Waals surface area contributed by atoms with Crippen molar-refractivity contribution in [2.75, 3.05) is 14.2 Å². The van der Waals surface area contributed by atoms with Gasteiger partial charge >= 0.3 is 7.60 Å². The third-order valence-corrected chi connectivity index (χ3v) is 6.72. The fourth-order valence-corrected chi connectivity index (χ4v) is 4.78. The fourth-order valence-electron chi connectivity index (χ4n) is 2.18. The number of hydrogen-bond acceptors (Lipinski definition) is 6. The molecule has 0 aromatic carbocycles. The lowest BCUT2D eigenvalue weighted by atomic mass is 10.0. The zero-order valence-electron chi connectivity index (χ0n) is 11.5. The number of nitrogens with zero attached hydrogens (tertiary/aromatic N) is 1. The van der Waals surface area contributed by atoms with E-state index in [9.17, 15) is 9.36 Å². The number of carbonyl (C=O) groups is 1. The normalized spacial score (nSPS) is 19.3. The van der Waals surface area contributed by atoms with Crippen LogP contribution in [0.5, 0.6) is 0 Å². The number of ketones is 1. The van der Waals surface area contributed by atoms with Crippen LogP contribution in [0.4, 0.5) is 5.00 Å². The molecule has 7 heteroatoms. The predicted molar refractivity (Wildman–Crippen MR) is 76.3 cm³/mol. The van der Waals surface area contributed by atoms with E-state index < -0.39 is 13.3 Å². The molecule has 104 valence electrons. The number of thiophene rings is 1. The van der Waals surface area contributed by atoms with E-state index in [1.807, 2.05) is 13.8 Å². The highest BCUT2D eigenvalue weighted by molar-refractivity contribution is 7.57. The van der Waals surface area contributed by atoms with E-state index in [0.717, 1.165) is 10.4 Å². The molecule has 5 nitrogen and oxygen atoms in total. The molecular weight excluding hydrogens is 285 g/mol. The summed E-state index contributed by atoms with van der Waals surface area (Å²) in [5.74, 6) is -0.226. The van der Waals surface area contributed by atoms with Crippen LogP contribution in [-0.4, -0.2) is 31.4 Å². The highest BCUT2D eigenvalue weighted by Crippen LogP contribution is 2.56. The Labute approximate surface area is 116 Å². The average Bonchev–Trinajstić information content (AvgIpc) is 2.64. The number of aryl methyl sites for hydroxylation is 1. The van der Waals surface area contributed by atoms with Crippen LogP contribution in [0.3, 0.4) is 0 Å². The molecule has 0 bridgehead atoms. The van der Waals surface area contributed by atoms with Crippen LogP contribution in [0.2, 0.25) is 0 Å². The van der Waals surface area contributed by atoms with Crippen molar-refractivity contribution in [2.24, 2.45) is 4.99 Å². The minimum atomic E-state index is -3.51. The molecule has 0 saturated carbocycles. The first-order chi connectivity index (χ1) is 8.85. The summed E-state index contributed by atoms with van der Waals surface area (Å²) in [6.07, 6.45) is 0. The molecule has 0 amide bonds. The second-order valence-electron chi connectivity index (χ2n) is 4.39. The molecule has 1 aliphatic heterocycles. The van der Waals surface area contributed by atoms with Gasteiger partial charge < -0.3 is 9.05 Å². The first kappa shape index (κ1) is 14.6. The first-order valence-corrected chi connectivity index (χ1v) is 8.19. The van der Waals surface area contributed by atoms with Gasteiger partial charge in [0.25, 0.3) is 0 Å². The van der Waals surface area contributed by atoms with Crippen molar-refractivity contribution in [3.63, 3.8) is 0 Å². The SMILES string of the molecule is COP(=O)(OC)C1C(=O)c2c(sc(C)c2C)N=C1C. The summed E-state index contributed by atoms with van der Waals surface area (Å²) in [7, 11) is -0.943. The van der Waals surface area contributed by atoms with Crippen LogP contribution in [0.15, 0.2) is 4.99 Å². The third-order valence-electron chi connectivity index (χ3n) is 3.36. The van der Waals surface area contributed by atoms with E-state index in [1.54, 1.807) is 6.92 Å². The van der Waals surface area contributed by atoms with Crippen molar-refractivity contribution >= 4 is 35.4 Å². The fraction of sp³-hybridized carbons (Fsp3) is 0.500.